The van der Waals surface area contributed by atoms with Crippen molar-refractivity contribution in [3.63, 3.8) is 0 Å². The Labute approximate surface area is 77.3 Å². The van der Waals surface area contributed by atoms with Crippen LogP contribution < -0.4 is 5.32 Å². The number of alkyl halides is 2. The Balaban J connectivity index is 0.000000720. The van der Waals surface area contributed by atoms with Gasteiger partial charge < -0.3 is 5.32 Å². The van der Waals surface area contributed by atoms with E-state index in [0.717, 1.165) is 6.54 Å². The molecule has 0 bridgehead atoms. The number of nitrogens with one attached hydrogen (secondary N) is 1. The van der Waals surface area contributed by atoms with Gasteiger partial charge in [0.15, 0.2) is 0 Å². The van der Waals surface area contributed by atoms with Crippen molar-refractivity contribution in [3.8, 4) is 0 Å². The minimum atomic E-state index is -2.37. The molecule has 2 rings (SSSR count). The number of rotatable bonds is 1. The smallest absolute Gasteiger partial charge is 0.258 e. The predicted octanol–water partition coefficient (Wildman–Crippen LogP) is 2.06. The summed E-state index contributed by atoms with van der Waals surface area (Å²) in [5.74, 6) is -2.71. The molecular weight excluding hydrogens is 184 g/mol. The van der Waals surface area contributed by atoms with Crippen LogP contribution >= 0.6 is 12.4 Å². The van der Waals surface area contributed by atoms with Crippen LogP contribution in [0.2, 0.25) is 0 Å². The molecule has 1 spiro atoms. The van der Waals surface area contributed by atoms with E-state index < -0.39 is 11.3 Å². The van der Waals surface area contributed by atoms with E-state index in [1.807, 2.05) is 6.92 Å². The van der Waals surface area contributed by atoms with Crippen molar-refractivity contribution in [1.29, 1.82) is 0 Å². The lowest BCUT2D eigenvalue weighted by atomic mass is 10.0. The lowest BCUT2D eigenvalue weighted by molar-refractivity contribution is 0.0619. The van der Waals surface area contributed by atoms with Gasteiger partial charge in [0, 0.05) is 12.5 Å². The standard InChI is InChI=1S/C8H13F2N.ClH/c1-2-6-7(8(6,9)10)3-4-11-5-7;/h6,11H,2-5H2,1H3;1H. The largest absolute Gasteiger partial charge is 0.316 e. The highest BCUT2D eigenvalue weighted by Crippen LogP contribution is 2.69. The van der Waals surface area contributed by atoms with Gasteiger partial charge in [-0.3, -0.25) is 0 Å². The molecule has 0 aromatic heterocycles. The van der Waals surface area contributed by atoms with E-state index in [9.17, 15) is 8.78 Å². The number of hydrogen-bond donors (Lipinski definition) is 1. The van der Waals surface area contributed by atoms with Crippen LogP contribution in [0, 0.1) is 11.3 Å². The van der Waals surface area contributed by atoms with Crippen molar-refractivity contribution in [1.82, 2.24) is 5.32 Å². The lowest BCUT2D eigenvalue weighted by Crippen LogP contribution is -2.15. The molecule has 1 saturated heterocycles. The predicted molar refractivity (Wildman–Crippen MR) is 45.9 cm³/mol. The summed E-state index contributed by atoms with van der Waals surface area (Å²) in [4.78, 5) is 0. The van der Waals surface area contributed by atoms with Crippen LogP contribution in [0.15, 0.2) is 0 Å². The first-order chi connectivity index (χ1) is 5.15. The first-order valence-electron chi connectivity index (χ1n) is 4.23. The molecule has 0 aromatic carbocycles. The monoisotopic (exact) mass is 197 g/mol. The van der Waals surface area contributed by atoms with Gasteiger partial charge in [-0.1, -0.05) is 6.92 Å². The second-order valence-electron chi connectivity index (χ2n) is 3.67. The molecule has 0 amide bonds. The summed E-state index contributed by atoms with van der Waals surface area (Å²) in [6.07, 6.45) is 1.28. The zero-order valence-electron chi connectivity index (χ0n) is 7.07. The fraction of sp³-hybridized carbons (Fsp3) is 1.00. The second kappa shape index (κ2) is 2.81. The van der Waals surface area contributed by atoms with Gasteiger partial charge in [0.25, 0.3) is 5.92 Å². The van der Waals surface area contributed by atoms with Crippen LogP contribution in [-0.2, 0) is 0 Å². The molecule has 0 radical (unpaired) electrons. The van der Waals surface area contributed by atoms with Crippen LogP contribution in [0.1, 0.15) is 19.8 Å². The van der Waals surface area contributed by atoms with E-state index >= 15 is 0 Å². The zero-order chi connectivity index (χ0) is 8.11. The van der Waals surface area contributed by atoms with E-state index in [1.165, 1.54) is 0 Å². The topological polar surface area (TPSA) is 12.0 Å². The Morgan fingerprint density at radius 3 is 2.50 bits per heavy atom. The van der Waals surface area contributed by atoms with Gasteiger partial charge in [-0.25, -0.2) is 8.78 Å². The zero-order valence-corrected chi connectivity index (χ0v) is 7.89. The quantitative estimate of drug-likeness (QED) is 0.679. The molecule has 0 aromatic rings. The van der Waals surface area contributed by atoms with Gasteiger partial charge in [0.05, 0.1) is 5.41 Å². The van der Waals surface area contributed by atoms with Gasteiger partial charge in [-0.05, 0) is 19.4 Å². The summed E-state index contributed by atoms with van der Waals surface area (Å²) >= 11 is 0. The van der Waals surface area contributed by atoms with Crippen molar-refractivity contribution in [2.75, 3.05) is 13.1 Å². The summed E-state index contributed by atoms with van der Waals surface area (Å²) in [5.41, 5.74) is -0.637. The molecule has 1 aliphatic carbocycles. The van der Waals surface area contributed by atoms with E-state index in [4.69, 9.17) is 0 Å². The molecule has 1 heterocycles. The summed E-state index contributed by atoms with van der Waals surface area (Å²) < 4.78 is 26.2. The highest BCUT2D eigenvalue weighted by molar-refractivity contribution is 5.85. The van der Waals surface area contributed by atoms with Crippen molar-refractivity contribution in [2.24, 2.45) is 11.3 Å². The van der Waals surface area contributed by atoms with Crippen LogP contribution in [-0.4, -0.2) is 19.0 Å². The summed E-state index contributed by atoms with van der Waals surface area (Å²) in [6, 6.07) is 0. The second-order valence-corrected chi connectivity index (χ2v) is 3.67. The van der Waals surface area contributed by atoms with Crippen molar-refractivity contribution >= 4 is 12.4 Å². The fourth-order valence-electron chi connectivity index (χ4n) is 2.53. The van der Waals surface area contributed by atoms with Gasteiger partial charge in [-0.2, -0.15) is 0 Å². The van der Waals surface area contributed by atoms with E-state index in [1.54, 1.807) is 0 Å². The Morgan fingerprint density at radius 1 is 1.50 bits per heavy atom. The van der Waals surface area contributed by atoms with Gasteiger partial charge >= 0.3 is 0 Å². The Morgan fingerprint density at radius 2 is 2.17 bits per heavy atom. The Bertz CT molecular complexity index is 178. The molecule has 72 valence electrons. The summed E-state index contributed by atoms with van der Waals surface area (Å²) in [6.45, 7) is 3.15. The first kappa shape index (κ1) is 10.2. The molecule has 1 saturated carbocycles. The Kier molecular flexibility index (Phi) is 2.39. The van der Waals surface area contributed by atoms with E-state index in [2.05, 4.69) is 5.32 Å². The molecule has 1 aliphatic heterocycles. The molecule has 2 fully saturated rings. The van der Waals surface area contributed by atoms with Crippen LogP contribution in [0.25, 0.3) is 0 Å². The molecule has 1 nitrogen and oxygen atoms in total. The van der Waals surface area contributed by atoms with Gasteiger partial charge in [0.2, 0.25) is 0 Å². The molecular formula is C8H14ClF2N. The van der Waals surface area contributed by atoms with Crippen molar-refractivity contribution < 1.29 is 8.78 Å². The SMILES string of the molecule is CCC1C(F)(F)C12CCNC2.Cl. The average molecular weight is 198 g/mol. The third kappa shape index (κ3) is 0.925. The molecule has 2 atom stereocenters. The van der Waals surface area contributed by atoms with Crippen molar-refractivity contribution in [2.45, 2.75) is 25.7 Å². The Hall–Kier alpha value is 0.110. The fourth-order valence-corrected chi connectivity index (χ4v) is 2.53. The lowest BCUT2D eigenvalue weighted by Gasteiger charge is -2.03. The van der Waals surface area contributed by atoms with Crippen LogP contribution in [0.3, 0.4) is 0 Å². The maximum absolute atomic E-state index is 13.1. The van der Waals surface area contributed by atoms with Gasteiger partial charge in [-0.15, -0.1) is 12.4 Å². The van der Waals surface area contributed by atoms with Gasteiger partial charge in [0.1, 0.15) is 0 Å². The number of halogens is 3. The minimum absolute atomic E-state index is 0. The number of hydrogen-bond acceptors (Lipinski definition) is 1. The highest BCUT2D eigenvalue weighted by Gasteiger charge is 2.79. The summed E-state index contributed by atoms with van der Waals surface area (Å²) in [7, 11) is 0. The molecule has 12 heavy (non-hydrogen) atoms. The third-order valence-electron chi connectivity index (χ3n) is 3.28. The van der Waals surface area contributed by atoms with Crippen LogP contribution in [0.4, 0.5) is 8.78 Å². The molecule has 2 aliphatic rings. The molecule has 2 unspecified atom stereocenters. The molecule has 1 N–H and O–H groups in total. The van der Waals surface area contributed by atoms with E-state index in [-0.39, 0.29) is 18.3 Å². The minimum Gasteiger partial charge on any atom is -0.316 e. The highest BCUT2D eigenvalue weighted by atomic mass is 35.5. The average Bonchev–Trinajstić information content (AvgIpc) is 2.36. The van der Waals surface area contributed by atoms with E-state index in [0.29, 0.717) is 19.4 Å². The normalized spacial score (nSPS) is 42.8. The van der Waals surface area contributed by atoms with Crippen molar-refractivity contribution in [3.05, 3.63) is 0 Å². The maximum atomic E-state index is 13.1. The molecule has 4 heteroatoms. The van der Waals surface area contributed by atoms with Crippen LogP contribution in [0.5, 0.6) is 0 Å². The first-order valence-corrected chi connectivity index (χ1v) is 4.23. The summed E-state index contributed by atoms with van der Waals surface area (Å²) in [5, 5.41) is 3.01. The third-order valence-corrected chi connectivity index (χ3v) is 3.28. The maximum Gasteiger partial charge on any atom is 0.258 e.